The first-order valence-electron chi connectivity index (χ1n) is 8.22. The number of urea groups is 1. The first-order chi connectivity index (χ1) is 11.6. The van der Waals surface area contributed by atoms with E-state index in [4.69, 9.17) is 0 Å². The number of carbonyl (C=O) groups excluding carboxylic acids is 1. The van der Waals surface area contributed by atoms with Crippen LogP contribution >= 0.6 is 11.3 Å². The highest BCUT2D eigenvalue weighted by molar-refractivity contribution is 7.11. The van der Waals surface area contributed by atoms with Crippen LogP contribution in [0.4, 0.5) is 4.79 Å². The average Bonchev–Trinajstić information content (AvgIpc) is 3.05. The van der Waals surface area contributed by atoms with Gasteiger partial charge in [-0.15, -0.1) is 11.3 Å². The maximum Gasteiger partial charge on any atom is 0.317 e. The number of rotatable bonds is 4. The van der Waals surface area contributed by atoms with E-state index in [0.717, 1.165) is 41.8 Å². The third kappa shape index (κ3) is 4.10. The number of thiazole rings is 1. The molecular formula is C17H23N5OS. The van der Waals surface area contributed by atoms with Crippen molar-refractivity contribution in [2.24, 2.45) is 0 Å². The molecule has 0 bridgehead atoms. The van der Waals surface area contributed by atoms with E-state index in [9.17, 15) is 4.79 Å². The van der Waals surface area contributed by atoms with Crippen LogP contribution in [-0.2, 0) is 6.54 Å². The van der Waals surface area contributed by atoms with Gasteiger partial charge in [-0.25, -0.2) is 9.78 Å². The maximum atomic E-state index is 12.3. The minimum Gasteiger partial charge on any atom is -0.331 e. The fraction of sp³-hybridized carbons (Fsp3) is 0.471. The van der Waals surface area contributed by atoms with Gasteiger partial charge in [0.05, 0.1) is 12.2 Å². The minimum atomic E-state index is -0.00649. The van der Waals surface area contributed by atoms with E-state index < -0.39 is 0 Å². The van der Waals surface area contributed by atoms with Crippen LogP contribution < -0.4 is 5.32 Å². The molecule has 0 unspecified atom stereocenters. The Kier molecular flexibility index (Phi) is 5.42. The third-order valence-electron chi connectivity index (χ3n) is 4.32. The molecule has 6 nitrogen and oxygen atoms in total. The lowest BCUT2D eigenvalue weighted by Gasteiger charge is -2.37. The Balaban J connectivity index is 1.47. The van der Waals surface area contributed by atoms with Crippen molar-refractivity contribution in [3.8, 4) is 0 Å². The van der Waals surface area contributed by atoms with E-state index in [1.54, 1.807) is 11.3 Å². The zero-order valence-electron chi connectivity index (χ0n) is 14.1. The molecule has 0 aromatic carbocycles. The van der Waals surface area contributed by atoms with Crippen LogP contribution in [0.15, 0.2) is 30.6 Å². The van der Waals surface area contributed by atoms with Crippen LogP contribution in [0, 0.1) is 6.92 Å². The van der Waals surface area contributed by atoms with E-state index in [0.29, 0.717) is 6.54 Å². The molecule has 0 spiro atoms. The quantitative estimate of drug-likeness (QED) is 0.924. The highest BCUT2D eigenvalue weighted by atomic mass is 32.1. The van der Waals surface area contributed by atoms with Gasteiger partial charge in [0, 0.05) is 49.5 Å². The summed E-state index contributed by atoms with van der Waals surface area (Å²) in [6, 6.07) is 6.27. The van der Waals surface area contributed by atoms with Gasteiger partial charge in [0.15, 0.2) is 0 Å². The summed E-state index contributed by atoms with van der Waals surface area (Å²) >= 11 is 1.62. The molecule has 1 atom stereocenters. The first kappa shape index (κ1) is 16.9. The molecule has 3 heterocycles. The summed E-state index contributed by atoms with van der Waals surface area (Å²) in [4.78, 5) is 26.4. The van der Waals surface area contributed by atoms with Gasteiger partial charge in [0.25, 0.3) is 0 Å². The monoisotopic (exact) mass is 345 g/mol. The summed E-state index contributed by atoms with van der Waals surface area (Å²) < 4.78 is 0. The van der Waals surface area contributed by atoms with Crippen molar-refractivity contribution in [2.75, 3.05) is 26.2 Å². The Labute approximate surface area is 146 Å². The van der Waals surface area contributed by atoms with Crippen molar-refractivity contribution in [1.82, 2.24) is 25.1 Å². The molecule has 128 valence electrons. The van der Waals surface area contributed by atoms with Crippen molar-refractivity contribution >= 4 is 17.4 Å². The predicted octanol–water partition coefficient (Wildman–Crippen LogP) is 2.43. The van der Waals surface area contributed by atoms with Crippen molar-refractivity contribution in [3.05, 3.63) is 46.2 Å². The lowest BCUT2D eigenvalue weighted by molar-refractivity contribution is 0.112. The van der Waals surface area contributed by atoms with E-state index in [2.05, 4.69) is 33.2 Å². The average molecular weight is 345 g/mol. The maximum absolute atomic E-state index is 12.3. The number of amides is 2. The van der Waals surface area contributed by atoms with Crippen LogP contribution in [0.5, 0.6) is 0 Å². The number of nitrogens with one attached hydrogen (secondary N) is 1. The Bertz CT molecular complexity index is 667. The molecule has 0 saturated carbocycles. The van der Waals surface area contributed by atoms with Gasteiger partial charge in [0.1, 0.15) is 5.01 Å². The number of aromatic nitrogens is 2. The molecule has 2 amide bonds. The summed E-state index contributed by atoms with van der Waals surface area (Å²) in [5, 5.41) is 3.91. The first-order valence-corrected chi connectivity index (χ1v) is 9.04. The highest BCUT2D eigenvalue weighted by Gasteiger charge is 2.25. The van der Waals surface area contributed by atoms with Crippen LogP contribution in [0.3, 0.4) is 0 Å². The Hall–Kier alpha value is -1.99. The summed E-state index contributed by atoms with van der Waals surface area (Å²) in [5.74, 6) is 0. The smallest absolute Gasteiger partial charge is 0.317 e. The molecule has 1 saturated heterocycles. The zero-order valence-corrected chi connectivity index (χ0v) is 14.9. The van der Waals surface area contributed by atoms with Gasteiger partial charge < -0.3 is 10.2 Å². The van der Waals surface area contributed by atoms with Gasteiger partial charge in [-0.3, -0.25) is 9.88 Å². The Morgan fingerprint density at radius 2 is 2.08 bits per heavy atom. The summed E-state index contributed by atoms with van der Waals surface area (Å²) in [6.45, 7) is 7.89. The number of hydrogen-bond acceptors (Lipinski definition) is 5. The molecular weight excluding hydrogens is 322 g/mol. The molecule has 0 radical (unpaired) electrons. The third-order valence-corrected chi connectivity index (χ3v) is 5.24. The second kappa shape index (κ2) is 7.72. The largest absolute Gasteiger partial charge is 0.331 e. The fourth-order valence-corrected chi connectivity index (χ4v) is 3.60. The molecule has 1 N–H and O–H groups in total. The van der Waals surface area contributed by atoms with Crippen molar-refractivity contribution in [2.45, 2.75) is 26.4 Å². The highest BCUT2D eigenvalue weighted by Crippen LogP contribution is 2.19. The van der Waals surface area contributed by atoms with Gasteiger partial charge in [-0.2, -0.15) is 0 Å². The molecule has 2 aromatic rings. The predicted molar refractivity (Wildman–Crippen MR) is 94.9 cm³/mol. The van der Waals surface area contributed by atoms with Gasteiger partial charge in [0.2, 0.25) is 0 Å². The van der Waals surface area contributed by atoms with E-state index in [1.165, 1.54) is 0 Å². The number of nitrogens with zero attached hydrogens (tertiary/aromatic N) is 4. The van der Waals surface area contributed by atoms with Crippen LogP contribution in [0.25, 0.3) is 0 Å². The number of piperazine rings is 1. The Morgan fingerprint density at radius 3 is 2.71 bits per heavy atom. The molecule has 0 aliphatic carbocycles. The number of aryl methyl sites for hydroxylation is 1. The molecule has 1 aliphatic rings. The summed E-state index contributed by atoms with van der Waals surface area (Å²) in [5.41, 5.74) is 1.08. The van der Waals surface area contributed by atoms with Crippen LogP contribution in [0.2, 0.25) is 0 Å². The molecule has 24 heavy (non-hydrogen) atoms. The lowest BCUT2D eigenvalue weighted by Crippen LogP contribution is -2.52. The minimum absolute atomic E-state index is 0.00649. The second-order valence-electron chi connectivity index (χ2n) is 5.98. The van der Waals surface area contributed by atoms with Crippen LogP contribution in [-0.4, -0.2) is 52.0 Å². The Morgan fingerprint density at radius 1 is 1.29 bits per heavy atom. The van der Waals surface area contributed by atoms with E-state index in [1.807, 2.05) is 36.4 Å². The topological polar surface area (TPSA) is 61.4 Å². The lowest BCUT2D eigenvalue weighted by atomic mass is 10.1. The summed E-state index contributed by atoms with van der Waals surface area (Å²) in [6.07, 6.45) is 3.67. The molecule has 7 heteroatoms. The van der Waals surface area contributed by atoms with Gasteiger partial charge in [-0.05, 0) is 26.0 Å². The van der Waals surface area contributed by atoms with Crippen molar-refractivity contribution in [1.29, 1.82) is 0 Å². The number of pyridine rings is 1. The number of hydrogen-bond donors (Lipinski definition) is 1. The zero-order chi connectivity index (χ0) is 16.9. The van der Waals surface area contributed by atoms with Gasteiger partial charge >= 0.3 is 6.03 Å². The molecule has 2 aromatic heterocycles. The van der Waals surface area contributed by atoms with Crippen molar-refractivity contribution < 1.29 is 4.79 Å². The molecule has 1 aliphatic heterocycles. The molecule has 1 fully saturated rings. The van der Waals surface area contributed by atoms with Crippen molar-refractivity contribution in [3.63, 3.8) is 0 Å². The standard InChI is InChI=1S/C17H23N5OS/c1-13-11-19-16(24-13)12-20-17(23)22-9-7-21(8-10-22)14(2)15-5-3-4-6-18-15/h3-6,11,14H,7-10,12H2,1-2H3,(H,20,23)/t14-/m0/s1. The summed E-state index contributed by atoms with van der Waals surface area (Å²) in [7, 11) is 0. The SMILES string of the molecule is Cc1cnc(CNC(=O)N2CCN([C@@H](C)c3ccccn3)CC2)s1. The van der Waals surface area contributed by atoms with E-state index in [-0.39, 0.29) is 12.1 Å². The number of carbonyl (C=O) groups is 1. The fourth-order valence-electron chi connectivity index (χ4n) is 2.87. The van der Waals surface area contributed by atoms with E-state index >= 15 is 0 Å². The molecule has 3 rings (SSSR count). The van der Waals surface area contributed by atoms with Gasteiger partial charge in [-0.1, -0.05) is 6.07 Å². The van der Waals surface area contributed by atoms with Crippen LogP contribution in [0.1, 0.15) is 28.5 Å². The normalized spacial score (nSPS) is 16.8. The second-order valence-corrected chi connectivity index (χ2v) is 7.30.